The molecule has 1 saturated heterocycles. The second kappa shape index (κ2) is 11.5. The highest BCUT2D eigenvalue weighted by molar-refractivity contribution is 14.0. The Morgan fingerprint density at radius 3 is 2.76 bits per heavy atom. The number of nitrogens with one attached hydrogen (secondary N) is 1. The van der Waals surface area contributed by atoms with Gasteiger partial charge in [-0.05, 0) is 44.5 Å². The van der Waals surface area contributed by atoms with Crippen LogP contribution in [0.5, 0.6) is 5.75 Å². The summed E-state index contributed by atoms with van der Waals surface area (Å²) < 4.78 is 24.0. The third kappa shape index (κ3) is 7.35. The SMILES string of the molecule is CCNC(=NCC(C)Oc1ccc(F)cc1)N1CCC(COC)C1.I. The van der Waals surface area contributed by atoms with E-state index in [0.717, 1.165) is 38.6 Å². The highest BCUT2D eigenvalue weighted by atomic mass is 127. The highest BCUT2D eigenvalue weighted by Gasteiger charge is 2.24. The molecule has 1 fully saturated rings. The number of hydrogen-bond donors (Lipinski definition) is 1. The van der Waals surface area contributed by atoms with E-state index in [1.165, 1.54) is 12.1 Å². The molecule has 5 nitrogen and oxygen atoms in total. The largest absolute Gasteiger partial charge is 0.489 e. The third-order valence-electron chi connectivity index (χ3n) is 3.97. The number of nitrogens with zero attached hydrogens (tertiary/aromatic N) is 2. The van der Waals surface area contributed by atoms with E-state index >= 15 is 0 Å². The first-order valence-corrected chi connectivity index (χ1v) is 8.56. The summed E-state index contributed by atoms with van der Waals surface area (Å²) in [4.78, 5) is 6.97. The van der Waals surface area contributed by atoms with Crippen LogP contribution in [-0.4, -0.2) is 56.9 Å². The van der Waals surface area contributed by atoms with E-state index in [-0.39, 0.29) is 35.9 Å². The smallest absolute Gasteiger partial charge is 0.194 e. The molecular formula is C18H29FIN3O2. The van der Waals surface area contributed by atoms with Crippen LogP contribution in [0.3, 0.4) is 0 Å². The zero-order chi connectivity index (χ0) is 17.4. The molecule has 2 rings (SSSR count). The van der Waals surface area contributed by atoms with E-state index in [9.17, 15) is 4.39 Å². The van der Waals surface area contributed by atoms with Crippen molar-refractivity contribution >= 4 is 29.9 Å². The van der Waals surface area contributed by atoms with Crippen LogP contribution in [0.4, 0.5) is 4.39 Å². The average molecular weight is 465 g/mol. The van der Waals surface area contributed by atoms with Crippen LogP contribution in [0, 0.1) is 11.7 Å². The fraction of sp³-hybridized carbons (Fsp3) is 0.611. The van der Waals surface area contributed by atoms with Crippen LogP contribution in [0.2, 0.25) is 0 Å². The molecule has 142 valence electrons. The first kappa shape index (κ1) is 22.0. The predicted molar refractivity (Wildman–Crippen MR) is 109 cm³/mol. The lowest BCUT2D eigenvalue weighted by atomic mass is 10.1. The van der Waals surface area contributed by atoms with Gasteiger partial charge in [0.1, 0.15) is 17.7 Å². The molecule has 1 aromatic rings. The summed E-state index contributed by atoms with van der Waals surface area (Å²) in [5, 5.41) is 3.34. The number of aliphatic imine (C=N–C) groups is 1. The van der Waals surface area contributed by atoms with Crippen LogP contribution in [0.1, 0.15) is 20.3 Å². The minimum atomic E-state index is -0.262. The zero-order valence-electron chi connectivity index (χ0n) is 15.2. The van der Waals surface area contributed by atoms with Gasteiger partial charge in [0.25, 0.3) is 0 Å². The van der Waals surface area contributed by atoms with Gasteiger partial charge in [0.15, 0.2) is 5.96 Å². The molecule has 1 aliphatic heterocycles. The fourth-order valence-corrected chi connectivity index (χ4v) is 2.82. The molecule has 1 heterocycles. The number of likely N-dealkylation sites (tertiary alicyclic amines) is 1. The molecule has 0 spiro atoms. The molecule has 0 radical (unpaired) electrons. The lowest BCUT2D eigenvalue weighted by Gasteiger charge is -2.22. The van der Waals surface area contributed by atoms with E-state index in [1.807, 2.05) is 6.92 Å². The van der Waals surface area contributed by atoms with Gasteiger partial charge in [-0.1, -0.05) is 0 Å². The Morgan fingerprint density at radius 1 is 1.40 bits per heavy atom. The second-order valence-electron chi connectivity index (χ2n) is 6.13. The van der Waals surface area contributed by atoms with Crippen LogP contribution in [0.15, 0.2) is 29.3 Å². The van der Waals surface area contributed by atoms with Crippen LogP contribution < -0.4 is 10.1 Å². The summed E-state index contributed by atoms with van der Waals surface area (Å²) in [6.07, 6.45) is 1.04. The van der Waals surface area contributed by atoms with Gasteiger partial charge in [-0.3, -0.25) is 0 Å². The van der Waals surface area contributed by atoms with E-state index < -0.39 is 0 Å². The van der Waals surface area contributed by atoms with E-state index in [1.54, 1.807) is 19.2 Å². The van der Waals surface area contributed by atoms with Gasteiger partial charge in [-0.15, -0.1) is 24.0 Å². The summed E-state index contributed by atoms with van der Waals surface area (Å²) >= 11 is 0. The van der Waals surface area contributed by atoms with Gasteiger partial charge in [-0.2, -0.15) is 0 Å². The Kier molecular flexibility index (Phi) is 10.1. The number of hydrogen-bond acceptors (Lipinski definition) is 3. The molecule has 2 atom stereocenters. The monoisotopic (exact) mass is 465 g/mol. The number of rotatable bonds is 7. The van der Waals surface area contributed by atoms with Crippen molar-refractivity contribution in [2.45, 2.75) is 26.4 Å². The molecule has 1 N–H and O–H groups in total. The molecular weight excluding hydrogens is 436 g/mol. The van der Waals surface area contributed by atoms with Crippen molar-refractivity contribution in [3.63, 3.8) is 0 Å². The van der Waals surface area contributed by atoms with E-state index in [4.69, 9.17) is 14.5 Å². The summed E-state index contributed by atoms with van der Waals surface area (Å²) in [5.74, 6) is 1.88. The molecule has 0 bridgehead atoms. The second-order valence-corrected chi connectivity index (χ2v) is 6.13. The minimum absolute atomic E-state index is 0. The van der Waals surface area contributed by atoms with E-state index in [0.29, 0.717) is 18.2 Å². The molecule has 0 aromatic heterocycles. The Bertz CT molecular complexity index is 528. The standard InChI is InChI=1S/C18H28FN3O2.HI/c1-4-20-18(22-10-9-15(12-22)13-23-3)21-11-14(2)24-17-7-5-16(19)6-8-17;/h5-8,14-15H,4,9-13H2,1-3H3,(H,20,21);1H. The summed E-state index contributed by atoms with van der Waals surface area (Å²) in [6, 6.07) is 6.07. The molecule has 7 heteroatoms. The maximum atomic E-state index is 12.9. The average Bonchev–Trinajstić information content (AvgIpc) is 3.02. The Morgan fingerprint density at radius 2 is 2.12 bits per heavy atom. The minimum Gasteiger partial charge on any atom is -0.489 e. The molecule has 0 saturated carbocycles. The molecule has 1 aromatic carbocycles. The number of guanidine groups is 1. The van der Waals surface area contributed by atoms with Crippen LogP contribution in [-0.2, 0) is 4.74 Å². The molecule has 1 aliphatic rings. The van der Waals surface area contributed by atoms with Crippen molar-refractivity contribution in [3.8, 4) is 5.75 Å². The Labute approximate surface area is 167 Å². The summed E-state index contributed by atoms with van der Waals surface area (Å²) in [6.45, 7) is 8.16. The van der Waals surface area contributed by atoms with Crippen molar-refractivity contribution in [2.75, 3.05) is 39.9 Å². The Balaban J connectivity index is 0.00000312. The first-order valence-electron chi connectivity index (χ1n) is 8.56. The molecule has 2 unspecified atom stereocenters. The van der Waals surface area contributed by atoms with Gasteiger partial charge in [0, 0.05) is 32.7 Å². The van der Waals surface area contributed by atoms with Gasteiger partial charge >= 0.3 is 0 Å². The third-order valence-corrected chi connectivity index (χ3v) is 3.97. The topological polar surface area (TPSA) is 46.1 Å². The van der Waals surface area contributed by atoms with Gasteiger partial charge in [0.2, 0.25) is 0 Å². The number of benzene rings is 1. The molecule has 0 amide bonds. The Hall–Kier alpha value is -1.09. The van der Waals surface area contributed by atoms with Crippen molar-refractivity contribution in [3.05, 3.63) is 30.1 Å². The zero-order valence-corrected chi connectivity index (χ0v) is 17.5. The highest BCUT2D eigenvalue weighted by Crippen LogP contribution is 2.17. The van der Waals surface area contributed by atoms with Gasteiger partial charge in [0.05, 0.1) is 13.2 Å². The van der Waals surface area contributed by atoms with Crippen LogP contribution in [0.25, 0.3) is 0 Å². The van der Waals surface area contributed by atoms with Crippen molar-refractivity contribution in [2.24, 2.45) is 10.9 Å². The quantitative estimate of drug-likeness (QED) is 0.382. The van der Waals surface area contributed by atoms with Crippen molar-refractivity contribution in [1.29, 1.82) is 0 Å². The number of methoxy groups -OCH3 is 1. The lowest BCUT2D eigenvalue weighted by molar-refractivity contribution is 0.157. The van der Waals surface area contributed by atoms with Crippen LogP contribution >= 0.6 is 24.0 Å². The van der Waals surface area contributed by atoms with Crippen molar-refractivity contribution in [1.82, 2.24) is 10.2 Å². The predicted octanol–water partition coefficient (Wildman–Crippen LogP) is 3.14. The maximum Gasteiger partial charge on any atom is 0.194 e. The number of ether oxygens (including phenoxy) is 2. The maximum absolute atomic E-state index is 12.9. The van der Waals surface area contributed by atoms with Gasteiger partial charge in [-0.25, -0.2) is 9.38 Å². The molecule has 25 heavy (non-hydrogen) atoms. The normalized spacial score (nSPS) is 18.6. The van der Waals surface area contributed by atoms with Gasteiger partial charge < -0.3 is 19.7 Å². The van der Waals surface area contributed by atoms with Crippen molar-refractivity contribution < 1.29 is 13.9 Å². The fourth-order valence-electron chi connectivity index (χ4n) is 2.82. The summed E-state index contributed by atoms with van der Waals surface area (Å²) in [5.41, 5.74) is 0. The number of halogens is 2. The lowest BCUT2D eigenvalue weighted by Crippen LogP contribution is -2.41. The summed E-state index contributed by atoms with van der Waals surface area (Å²) in [7, 11) is 1.75. The van der Waals surface area contributed by atoms with E-state index in [2.05, 4.69) is 17.1 Å². The first-order chi connectivity index (χ1) is 11.6. The molecule has 0 aliphatic carbocycles.